The molecule has 1 atom stereocenters. The van der Waals surface area contributed by atoms with E-state index in [1.807, 2.05) is 0 Å². The highest BCUT2D eigenvalue weighted by molar-refractivity contribution is 5.56. The van der Waals surface area contributed by atoms with Crippen LogP contribution in [0.1, 0.15) is 32.6 Å². The average molecular weight is 237 g/mol. The Morgan fingerprint density at radius 3 is 2.50 bits per heavy atom. The van der Waals surface area contributed by atoms with Crippen LogP contribution in [0.4, 0.5) is 13.2 Å². The van der Waals surface area contributed by atoms with Crippen LogP contribution in [0.15, 0.2) is 5.10 Å². The first-order chi connectivity index (χ1) is 7.46. The third kappa shape index (κ3) is 3.28. The summed E-state index contributed by atoms with van der Waals surface area (Å²) in [5.74, 6) is 0. The molecule has 0 amide bonds. The van der Waals surface area contributed by atoms with Crippen LogP contribution in [0.25, 0.3) is 0 Å². The molecule has 0 fully saturated rings. The molecular formula is C10H18F3N3. The smallest absolute Gasteiger partial charge is 0.335 e. The molecule has 1 unspecified atom stereocenters. The van der Waals surface area contributed by atoms with Crippen molar-refractivity contribution in [2.75, 3.05) is 13.6 Å². The molecular weight excluding hydrogens is 219 g/mol. The summed E-state index contributed by atoms with van der Waals surface area (Å²) in [5.41, 5.74) is 0. The zero-order valence-electron chi connectivity index (χ0n) is 9.67. The minimum atomic E-state index is -4.25. The summed E-state index contributed by atoms with van der Waals surface area (Å²) in [6.07, 6.45) is -0.763. The van der Waals surface area contributed by atoms with E-state index in [2.05, 4.69) is 12.0 Å². The zero-order valence-corrected chi connectivity index (χ0v) is 9.67. The van der Waals surface area contributed by atoms with Gasteiger partial charge in [-0.3, -0.25) is 5.01 Å². The first-order valence-corrected chi connectivity index (χ1v) is 5.56. The molecule has 16 heavy (non-hydrogen) atoms. The van der Waals surface area contributed by atoms with Gasteiger partial charge >= 0.3 is 6.18 Å². The summed E-state index contributed by atoms with van der Waals surface area (Å²) in [6, 6.07) is 0. The van der Waals surface area contributed by atoms with Crippen molar-refractivity contribution in [2.24, 2.45) is 5.10 Å². The van der Waals surface area contributed by atoms with Crippen molar-refractivity contribution in [3.63, 3.8) is 0 Å². The highest BCUT2D eigenvalue weighted by Gasteiger charge is 2.48. The van der Waals surface area contributed by atoms with E-state index < -0.39 is 12.3 Å². The predicted molar refractivity (Wildman–Crippen MR) is 56.9 cm³/mol. The fourth-order valence-corrected chi connectivity index (χ4v) is 1.76. The van der Waals surface area contributed by atoms with Crippen molar-refractivity contribution in [2.45, 2.75) is 44.9 Å². The lowest BCUT2D eigenvalue weighted by Crippen LogP contribution is -2.48. The molecule has 0 N–H and O–H groups in total. The largest absolute Gasteiger partial charge is 0.429 e. The van der Waals surface area contributed by atoms with Gasteiger partial charge in [-0.05, 0) is 6.42 Å². The maximum Gasteiger partial charge on any atom is 0.429 e. The van der Waals surface area contributed by atoms with Crippen LogP contribution >= 0.6 is 0 Å². The van der Waals surface area contributed by atoms with E-state index >= 15 is 0 Å². The number of hydrogen-bond donors (Lipinski definition) is 0. The molecule has 0 radical (unpaired) electrons. The van der Waals surface area contributed by atoms with Crippen LogP contribution < -0.4 is 0 Å². The standard InChI is InChI=1S/C10H18F3N3/c1-3-4-5-6-7-16-9(10(11,12)13)15(2)8-14-16/h8-9H,3-7H2,1-2H3. The number of hydrazone groups is 1. The van der Waals surface area contributed by atoms with Gasteiger partial charge in [0.2, 0.25) is 6.17 Å². The first kappa shape index (κ1) is 13.1. The molecule has 0 aromatic heterocycles. The number of alkyl halides is 3. The Labute approximate surface area is 93.9 Å². The van der Waals surface area contributed by atoms with Crippen molar-refractivity contribution in [3.8, 4) is 0 Å². The second-order valence-electron chi connectivity index (χ2n) is 4.04. The molecule has 0 aromatic rings. The Balaban J connectivity index is 2.43. The van der Waals surface area contributed by atoms with E-state index in [9.17, 15) is 13.2 Å². The molecule has 1 aliphatic heterocycles. The van der Waals surface area contributed by atoms with Crippen LogP contribution in [0, 0.1) is 0 Å². The minimum Gasteiger partial charge on any atom is -0.335 e. The molecule has 0 aliphatic carbocycles. The van der Waals surface area contributed by atoms with Crippen molar-refractivity contribution in [3.05, 3.63) is 0 Å². The topological polar surface area (TPSA) is 18.8 Å². The Hall–Kier alpha value is -0.940. The Bertz CT molecular complexity index is 240. The van der Waals surface area contributed by atoms with Crippen molar-refractivity contribution < 1.29 is 13.2 Å². The van der Waals surface area contributed by atoms with Crippen molar-refractivity contribution >= 4 is 6.34 Å². The second kappa shape index (κ2) is 5.41. The number of hydrogen-bond acceptors (Lipinski definition) is 3. The lowest BCUT2D eigenvalue weighted by Gasteiger charge is -2.29. The van der Waals surface area contributed by atoms with Gasteiger partial charge in [-0.2, -0.15) is 18.3 Å². The molecule has 6 heteroatoms. The van der Waals surface area contributed by atoms with E-state index in [1.165, 1.54) is 13.4 Å². The quantitative estimate of drug-likeness (QED) is 0.684. The van der Waals surface area contributed by atoms with Crippen LogP contribution in [0.5, 0.6) is 0 Å². The van der Waals surface area contributed by atoms with Crippen LogP contribution in [-0.4, -0.2) is 42.2 Å². The molecule has 1 rings (SSSR count). The maximum atomic E-state index is 12.7. The van der Waals surface area contributed by atoms with Gasteiger partial charge in [0.25, 0.3) is 0 Å². The lowest BCUT2D eigenvalue weighted by molar-refractivity contribution is -0.204. The lowest BCUT2D eigenvalue weighted by atomic mass is 10.2. The molecule has 3 nitrogen and oxygen atoms in total. The van der Waals surface area contributed by atoms with E-state index in [0.717, 1.165) is 35.6 Å². The van der Waals surface area contributed by atoms with Gasteiger partial charge in [0.1, 0.15) is 6.34 Å². The van der Waals surface area contributed by atoms with E-state index in [1.54, 1.807) is 0 Å². The number of rotatable bonds is 5. The molecule has 0 saturated heterocycles. The van der Waals surface area contributed by atoms with Crippen molar-refractivity contribution in [1.29, 1.82) is 0 Å². The molecule has 0 aromatic carbocycles. The maximum absolute atomic E-state index is 12.7. The highest BCUT2D eigenvalue weighted by Crippen LogP contribution is 2.29. The van der Waals surface area contributed by atoms with Gasteiger partial charge in [-0.1, -0.05) is 26.2 Å². The van der Waals surface area contributed by atoms with Gasteiger partial charge in [-0.25, -0.2) is 0 Å². The molecule has 1 aliphatic rings. The van der Waals surface area contributed by atoms with Gasteiger partial charge < -0.3 is 4.90 Å². The SMILES string of the molecule is CCCCCCN1N=CN(C)C1C(F)(F)F. The van der Waals surface area contributed by atoms with Gasteiger partial charge in [-0.15, -0.1) is 0 Å². The molecule has 94 valence electrons. The Morgan fingerprint density at radius 1 is 1.25 bits per heavy atom. The fourth-order valence-electron chi connectivity index (χ4n) is 1.76. The van der Waals surface area contributed by atoms with E-state index in [-0.39, 0.29) is 0 Å². The third-order valence-corrected chi connectivity index (χ3v) is 2.58. The summed E-state index contributed by atoms with van der Waals surface area (Å²) in [5, 5.41) is 4.90. The average Bonchev–Trinajstić information content (AvgIpc) is 2.54. The van der Waals surface area contributed by atoms with Crippen LogP contribution in [0.3, 0.4) is 0 Å². The summed E-state index contributed by atoms with van der Waals surface area (Å²) < 4.78 is 38.0. The Kier molecular flexibility index (Phi) is 4.44. The van der Waals surface area contributed by atoms with Crippen LogP contribution in [-0.2, 0) is 0 Å². The van der Waals surface area contributed by atoms with Crippen LogP contribution in [0.2, 0.25) is 0 Å². The molecule has 0 spiro atoms. The third-order valence-electron chi connectivity index (χ3n) is 2.58. The minimum absolute atomic E-state index is 0.366. The molecule has 0 saturated carbocycles. The first-order valence-electron chi connectivity index (χ1n) is 5.56. The summed E-state index contributed by atoms with van der Waals surface area (Å²) >= 11 is 0. The number of halogens is 3. The van der Waals surface area contributed by atoms with E-state index in [0.29, 0.717) is 6.54 Å². The summed E-state index contributed by atoms with van der Waals surface area (Å²) in [7, 11) is 1.40. The number of unbranched alkanes of at least 4 members (excludes halogenated alkanes) is 3. The summed E-state index contributed by atoms with van der Waals surface area (Å²) in [4.78, 5) is 1.10. The molecule has 1 heterocycles. The predicted octanol–water partition coefficient (Wildman–Crippen LogP) is 2.65. The zero-order chi connectivity index (χ0) is 12.2. The molecule has 0 bridgehead atoms. The normalized spacial score (nSPS) is 20.9. The van der Waals surface area contributed by atoms with Gasteiger partial charge in [0, 0.05) is 13.6 Å². The van der Waals surface area contributed by atoms with Gasteiger partial charge in [0.05, 0.1) is 0 Å². The monoisotopic (exact) mass is 237 g/mol. The van der Waals surface area contributed by atoms with E-state index in [4.69, 9.17) is 0 Å². The summed E-state index contributed by atoms with van der Waals surface area (Å²) in [6.45, 7) is 2.44. The Morgan fingerprint density at radius 2 is 1.94 bits per heavy atom. The second-order valence-corrected chi connectivity index (χ2v) is 4.04. The highest BCUT2D eigenvalue weighted by atomic mass is 19.4. The van der Waals surface area contributed by atoms with Gasteiger partial charge in [0.15, 0.2) is 0 Å². The number of nitrogens with zero attached hydrogens (tertiary/aromatic N) is 3. The fraction of sp³-hybridized carbons (Fsp3) is 0.900. The van der Waals surface area contributed by atoms with Crippen molar-refractivity contribution in [1.82, 2.24) is 9.91 Å².